The highest BCUT2D eigenvalue weighted by atomic mass is 79.9. The second-order valence-corrected chi connectivity index (χ2v) is 4.65. The standard InChI is InChI=1S/C12H10BrFN2O3/c13-9-6-11(12(16(17)18)7-10(9)14)15-4-3-8-2-1-5-19-8/h1-2,5-7,15H,3-4H2. The van der Waals surface area contributed by atoms with Gasteiger partial charge in [0.1, 0.15) is 17.3 Å². The molecule has 0 spiro atoms. The number of rotatable bonds is 5. The van der Waals surface area contributed by atoms with Crippen LogP contribution in [-0.4, -0.2) is 11.5 Å². The summed E-state index contributed by atoms with van der Waals surface area (Å²) in [5.74, 6) is 0.111. The molecule has 0 bridgehead atoms. The molecule has 2 rings (SSSR count). The highest BCUT2D eigenvalue weighted by Crippen LogP contribution is 2.30. The molecule has 0 saturated heterocycles. The van der Waals surface area contributed by atoms with Gasteiger partial charge in [-0.1, -0.05) is 0 Å². The molecule has 0 radical (unpaired) electrons. The van der Waals surface area contributed by atoms with E-state index in [1.54, 1.807) is 12.3 Å². The minimum atomic E-state index is -0.664. The van der Waals surface area contributed by atoms with Crippen LogP contribution in [0.1, 0.15) is 5.76 Å². The lowest BCUT2D eigenvalue weighted by Crippen LogP contribution is -2.07. The van der Waals surface area contributed by atoms with Crippen LogP contribution in [0.25, 0.3) is 0 Å². The highest BCUT2D eigenvalue weighted by Gasteiger charge is 2.17. The SMILES string of the molecule is O=[N+]([O-])c1cc(F)c(Br)cc1NCCc1ccco1. The lowest BCUT2D eigenvalue weighted by molar-refractivity contribution is -0.384. The lowest BCUT2D eigenvalue weighted by atomic mass is 10.2. The van der Waals surface area contributed by atoms with Gasteiger partial charge >= 0.3 is 0 Å². The Morgan fingerprint density at radius 2 is 2.26 bits per heavy atom. The highest BCUT2D eigenvalue weighted by molar-refractivity contribution is 9.10. The van der Waals surface area contributed by atoms with Gasteiger partial charge in [0.15, 0.2) is 0 Å². The lowest BCUT2D eigenvalue weighted by Gasteiger charge is -2.07. The maximum atomic E-state index is 13.3. The van der Waals surface area contributed by atoms with Gasteiger partial charge in [-0.05, 0) is 34.1 Å². The van der Waals surface area contributed by atoms with Crippen LogP contribution in [0.2, 0.25) is 0 Å². The zero-order chi connectivity index (χ0) is 13.8. The van der Waals surface area contributed by atoms with E-state index in [0.29, 0.717) is 13.0 Å². The number of furan rings is 1. The van der Waals surface area contributed by atoms with Crippen molar-refractivity contribution in [3.8, 4) is 0 Å². The van der Waals surface area contributed by atoms with Crippen molar-refractivity contribution in [2.75, 3.05) is 11.9 Å². The van der Waals surface area contributed by atoms with Gasteiger partial charge in [-0.2, -0.15) is 0 Å². The first-order valence-electron chi connectivity index (χ1n) is 5.47. The van der Waals surface area contributed by atoms with Crippen molar-refractivity contribution in [2.45, 2.75) is 6.42 Å². The first-order valence-corrected chi connectivity index (χ1v) is 6.27. The molecular formula is C12H10BrFN2O3. The minimum Gasteiger partial charge on any atom is -0.469 e. The fourth-order valence-electron chi connectivity index (χ4n) is 1.60. The fourth-order valence-corrected chi connectivity index (χ4v) is 1.95. The average molecular weight is 329 g/mol. The van der Waals surface area contributed by atoms with Crippen LogP contribution < -0.4 is 5.32 Å². The van der Waals surface area contributed by atoms with Crippen LogP contribution in [0.4, 0.5) is 15.8 Å². The molecule has 0 aliphatic carbocycles. The number of nitro groups is 1. The Kier molecular flexibility index (Phi) is 4.16. The number of hydrogen-bond acceptors (Lipinski definition) is 4. The van der Waals surface area contributed by atoms with E-state index in [1.165, 1.54) is 6.07 Å². The summed E-state index contributed by atoms with van der Waals surface area (Å²) in [6, 6.07) is 5.83. The summed E-state index contributed by atoms with van der Waals surface area (Å²) in [6.45, 7) is 0.451. The van der Waals surface area contributed by atoms with E-state index in [-0.39, 0.29) is 15.8 Å². The third-order valence-corrected chi connectivity index (χ3v) is 3.11. The number of nitrogens with one attached hydrogen (secondary N) is 1. The molecule has 2 aromatic rings. The maximum Gasteiger partial charge on any atom is 0.295 e. The molecule has 0 saturated carbocycles. The largest absolute Gasteiger partial charge is 0.469 e. The van der Waals surface area contributed by atoms with Crippen molar-refractivity contribution in [1.29, 1.82) is 0 Å². The molecule has 0 unspecified atom stereocenters. The Morgan fingerprint density at radius 1 is 1.47 bits per heavy atom. The summed E-state index contributed by atoms with van der Waals surface area (Å²) in [7, 11) is 0. The van der Waals surface area contributed by atoms with E-state index in [4.69, 9.17) is 4.42 Å². The molecular weight excluding hydrogens is 319 g/mol. The summed E-state index contributed by atoms with van der Waals surface area (Å²) in [5, 5.41) is 13.7. The molecule has 7 heteroatoms. The molecule has 100 valence electrons. The molecule has 0 aliphatic rings. The van der Waals surface area contributed by atoms with Gasteiger partial charge in [-0.15, -0.1) is 0 Å². The Bertz CT molecular complexity index is 587. The van der Waals surface area contributed by atoms with Gasteiger partial charge in [0.05, 0.1) is 21.7 Å². The maximum absolute atomic E-state index is 13.3. The van der Waals surface area contributed by atoms with Gasteiger partial charge in [0.2, 0.25) is 0 Å². The van der Waals surface area contributed by atoms with Crippen molar-refractivity contribution < 1.29 is 13.7 Å². The van der Waals surface area contributed by atoms with Gasteiger partial charge in [-0.3, -0.25) is 10.1 Å². The smallest absolute Gasteiger partial charge is 0.295 e. The second kappa shape index (κ2) is 5.83. The van der Waals surface area contributed by atoms with Crippen LogP contribution in [-0.2, 0) is 6.42 Å². The Morgan fingerprint density at radius 3 is 2.89 bits per heavy atom. The van der Waals surface area contributed by atoms with Gasteiger partial charge in [-0.25, -0.2) is 4.39 Å². The quantitative estimate of drug-likeness (QED) is 0.670. The zero-order valence-electron chi connectivity index (χ0n) is 9.73. The number of nitro benzene ring substituents is 1. The summed E-state index contributed by atoms with van der Waals surface area (Å²) in [4.78, 5) is 10.2. The van der Waals surface area contributed by atoms with Crippen molar-refractivity contribution >= 4 is 27.3 Å². The molecule has 0 amide bonds. The fraction of sp³-hybridized carbons (Fsp3) is 0.167. The minimum absolute atomic E-state index is 0.179. The zero-order valence-corrected chi connectivity index (χ0v) is 11.3. The molecule has 19 heavy (non-hydrogen) atoms. The molecule has 1 N–H and O–H groups in total. The van der Waals surface area contributed by atoms with Crippen molar-refractivity contribution in [1.82, 2.24) is 0 Å². The first kappa shape index (κ1) is 13.5. The van der Waals surface area contributed by atoms with Crippen LogP contribution >= 0.6 is 15.9 Å². The van der Waals surface area contributed by atoms with Crippen molar-refractivity contribution in [3.05, 3.63) is 56.7 Å². The molecule has 1 aromatic carbocycles. The molecule has 1 heterocycles. The summed E-state index contributed by atoms with van der Waals surface area (Å²) in [6.07, 6.45) is 2.14. The summed E-state index contributed by atoms with van der Waals surface area (Å²) < 4.78 is 18.6. The predicted octanol–water partition coefficient (Wildman–Crippen LogP) is 3.74. The second-order valence-electron chi connectivity index (χ2n) is 3.80. The Balaban J connectivity index is 2.10. The number of hydrogen-bond donors (Lipinski definition) is 1. The Hall–Kier alpha value is -1.89. The molecule has 0 fully saturated rings. The molecule has 5 nitrogen and oxygen atoms in total. The summed E-state index contributed by atoms with van der Waals surface area (Å²) >= 11 is 3.00. The number of anilines is 1. The van der Waals surface area contributed by atoms with Crippen molar-refractivity contribution in [3.63, 3.8) is 0 Å². The Labute approximate surface area is 116 Å². The molecule has 0 atom stereocenters. The number of benzene rings is 1. The third kappa shape index (κ3) is 3.31. The first-order chi connectivity index (χ1) is 9.08. The van der Waals surface area contributed by atoms with Crippen LogP contribution in [0.5, 0.6) is 0 Å². The van der Waals surface area contributed by atoms with Gasteiger partial charge in [0.25, 0.3) is 5.69 Å². The monoisotopic (exact) mass is 328 g/mol. The molecule has 0 aliphatic heterocycles. The van der Waals surface area contributed by atoms with Gasteiger partial charge < -0.3 is 9.73 Å². The molecule has 1 aromatic heterocycles. The van der Waals surface area contributed by atoms with E-state index in [2.05, 4.69) is 21.2 Å². The predicted molar refractivity (Wildman–Crippen MR) is 71.7 cm³/mol. The van der Waals surface area contributed by atoms with Gasteiger partial charge in [0, 0.05) is 13.0 Å². The average Bonchev–Trinajstić information content (AvgIpc) is 2.86. The van der Waals surface area contributed by atoms with E-state index < -0.39 is 10.7 Å². The van der Waals surface area contributed by atoms with Crippen LogP contribution in [0.15, 0.2) is 39.4 Å². The van der Waals surface area contributed by atoms with Crippen LogP contribution in [0, 0.1) is 15.9 Å². The van der Waals surface area contributed by atoms with E-state index in [1.807, 2.05) is 6.07 Å². The van der Waals surface area contributed by atoms with Crippen molar-refractivity contribution in [2.24, 2.45) is 0 Å². The van der Waals surface area contributed by atoms with E-state index in [9.17, 15) is 14.5 Å². The van der Waals surface area contributed by atoms with E-state index >= 15 is 0 Å². The topological polar surface area (TPSA) is 68.3 Å². The number of nitrogens with zero attached hydrogens (tertiary/aromatic N) is 1. The third-order valence-electron chi connectivity index (χ3n) is 2.50. The number of halogens is 2. The van der Waals surface area contributed by atoms with Crippen LogP contribution in [0.3, 0.4) is 0 Å². The van der Waals surface area contributed by atoms with E-state index in [0.717, 1.165) is 11.8 Å². The normalized spacial score (nSPS) is 10.4. The summed E-state index contributed by atoms with van der Waals surface area (Å²) in [5.41, 5.74) is -0.0232.